The highest BCUT2D eigenvalue weighted by atomic mass is 32.2. The van der Waals surface area contributed by atoms with Crippen LogP contribution in [0.2, 0.25) is 0 Å². The van der Waals surface area contributed by atoms with Gasteiger partial charge in [0, 0.05) is 13.6 Å². The molecule has 0 aromatic heterocycles. The van der Waals surface area contributed by atoms with Gasteiger partial charge in [-0.15, -0.1) is 0 Å². The molecule has 2 aromatic rings. The summed E-state index contributed by atoms with van der Waals surface area (Å²) in [5, 5.41) is 2.97. The second-order valence-electron chi connectivity index (χ2n) is 4.63. The topological polar surface area (TPSA) is 49.4 Å². The van der Waals surface area contributed by atoms with Crippen LogP contribution in [-0.2, 0) is 16.6 Å². The molecular weight excluding hydrogens is 291 g/mol. The van der Waals surface area contributed by atoms with Gasteiger partial charge in [0.05, 0.1) is 10.6 Å². The Kier molecular flexibility index (Phi) is 4.59. The molecule has 0 heterocycles. The quantitative estimate of drug-likeness (QED) is 0.922. The Hall–Kier alpha value is -1.92. The van der Waals surface area contributed by atoms with Crippen LogP contribution in [0.25, 0.3) is 0 Å². The van der Waals surface area contributed by atoms with Crippen LogP contribution >= 0.6 is 0 Å². The lowest BCUT2D eigenvalue weighted by molar-refractivity contribution is 0.593. The van der Waals surface area contributed by atoms with E-state index in [1.807, 2.05) is 6.07 Å². The molecule has 112 valence electrons. The molecule has 0 bridgehead atoms. The van der Waals surface area contributed by atoms with Crippen LogP contribution in [0.5, 0.6) is 0 Å². The molecule has 0 saturated carbocycles. The molecule has 6 heteroatoms. The molecule has 0 atom stereocenters. The Balaban J connectivity index is 2.39. The summed E-state index contributed by atoms with van der Waals surface area (Å²) in [5.74, 6) is -0.474. The zero-order valence-electron chi connectivity index (χ0n) is 11.9. The maximum atomic E-state index is 13.3. The Morgan fingerprint density at radius 2 is 1.86 bits per heavy atom. The van der Waals surface area contributed by atoms with Crippen molar-refractivity contribution >= 4 is 15.7 Å². The van der Waals surface area contributed by atoms with Crippen LogP contribution < -0.4 is 9.62 Å². The van der Waals surface area contributed by atoms with Crippen LogP contribution in [0, 0.1) is 5.82 Å². The highest BCUT2D eigenvalue weighted by Gasteiger charge is 2.21. The summed E-state index contributed by atoms with van der Waals surface area (Å²) in [6.07, 6.45) is 0. The van der Waals surface area contributed by atoms with E-state index >= 15 is 0 Å². The molecule has 0 saturated heterocycles. The number of sulfonamides is 1. The van der Waals surface area contributed by atoms with Gasteiger partial charge in [0.2, 0.25) is 0 Å². The van der Waals surface area contributed by atoms with Crippen LogP contribution in [0.15, 0.2) is 53.4 Å². The minimum atomic E-state index is -3.71. The summed E-state index contributed by atoms with van der Waals surface area (Å²) in [7, 11) is -0.507. The molecule has 4 nitrogen and oxygen atoms in total. The standard InChI is InChI=1S/C15H17FN2O2S/c1-17-11-12-5-3-8-15(9-12)21(19,20)18(2)14-7-4-6-13(16)10-14/h3-10,17H,11H2,1-2H3. The minimum Gasteiger partial charge on any atom is -0.316 e. The van der Waals surface area contributed by atoms with Crippen molar-refractivity contribution in [2.24, 2.45) is 0 Å². The summed E-state index contributed by atoms with van der Waals surface area (Å²) >= 11 is 0. The van der Waals surface area contributed by atoms with E-state index < -0.39 is 15.8 Å². The average Bonchev–Trinajstić information content (AvgIpc) is 2.47. The Bertz CT molecular complexity index is 732. The summed E-state index contributed by atoms with van der Waals surface area (Å²) in [5.41, 5.74) is 1.15. The first-order valence-electron chi connectivity index (χ1n) is 6.43. The van der Waals surface area contributed by atoms with Gasteiger partial charge in [0.15, 0.2) is 0 Å². The molecule has 2 aromatic carbocycles. The van der Waals surface area contributed by atoms with E-state index in [0.29, 0.717) is 6.54 Å². The molecule has 0 aliphatic heterocycles. The molecule has 0 spiro atoms. The minimum absolute atomic E-state index is 0.182. The first-order valence-corrected chi connectivity index (χ1v) is 7.87. The van der Waals surface area contributed by atoms with Gasteiger partial charge in [-0.25, -0.2) is 12.8 Å². The fourth-order valence-corrected chi connectivity index (χ4v) is 3.25. The maximum Gasteiger partial charge on any atom is 0.264 e. The first kappa shape index (κ1) is 15.5. The van der Waals surface area contributed by atoms with E-state index in [2.05, 4.69) is 5.32 Å². The van der Waals surface area contributed by atoms with E-state index in [1.165, 1.54) is 31.3 Å². The Morgan fingerprint density at radius 3 is 2.52 bits per heavy atom. The van der Waals surface area contributed by atoms with E-state index in [4.69, 9.17) is 0 Å². The number of hydrogen-bond donors (Lipinski definition) is 1. The largest absolute Gasteiger partial charge is 0.316 e. The van der Waals surface area contributed by atoms with E-state index in [1.54, 1.807) is 25.2 Å². The normalized spacial score (nSPS) is 11.4. The first-order chi connectivity index (χ1) is 9.95. The van der Waals surface area contributed by atoms with E-state index in [-0.39, 0.29) is 10.6 Å². The number of nitrogens with zero attached hydrogens (tertiary/aromatic N) is 1. The number of rotatable bonds is 5. The van der Waals surface area contributed by atoms with Gasteiger partial charge in [-0.2, -0.15) is 0 Å². The van der Waals surface area contributed by atoms with Crippen LogP contribution in [-0.4, -0.2) is 22.5 Å². The molecule has 0 fully saturated rings. The summed E-state index contributed by atoms with van der Waals surface area (Å²) in [6, 6.07) is 12.2. The number of benzene rings is 2. The van der Waals surface area contributed by atoms with Crippen molar-refractivity contribution < 1.29 is 12.8 Å². The zero-order valence-corrected chi connectivity index (χ0v) is 12.7. The molecule has 1 N–H and O–H groups in total. The van der Waals surface area contributed by atoms with Crippen molar-refractivity contribution in [2.75, 3.05) is 18.4 Å². The molecule has 0 unspecified atom stereocenters. The van der Waals surface area contributed by atoms with Crippen molar-refractivity contribution in [3.05, 3.63) is 59.9 Å². The fraction of sp³-hybridized carbons (Fsp3) is 0.200. The molecule has 0 radical (unpaired) electrons. The number of halogens is 1. The fourth-order valence-electron chi connectivity index (χ4n) is 1.99. The third kappa shape index (κ3) is 3.40. The van der Waals surface area contributed by atoms with Gasteiger partial charge in [0.25, 0.3) is 10.0 Å². The monoisotopic (exact) mass is 308 g/mol. The third-order valence-corrected chi connectivity index (χ3v) is 4.89. The molecular formula is C15H17FN2O2S. The summed E-state index contributed by atoms with van der Waals surface area (Å²) < 4.78 is 39.5. The molecule has 0 aliphatic carbocycles. The SMILES string of the molecule is CNCc1cccc(S(=O)(=O)N(C)c2cccc(F)c2)c1. The van der Waals surface area contributed by atoms with E-state index in [9.17, 15) is 12.8 Å². The van der Waals surface area contributed by atoms with Gasteiger partial charge < -0.3 is 5.32 Å². The number of hydrogen-bond acceptors (Lipinski definition) is 3. The molecule has 21 heavy (non-hydrogen) atoms. The van der Waals surface area contributed by atoms with Gasteiger partial charge in [0.1, 0.15) is 5.82 Å². The number of anilines is 1. The van der Waals surface area contributed by atoms with Gasteiger partial charge in [-0.05, 0) is 42.9 Å². The summed E-state index contributed by atoms with van der Waals surface area (Å²) in [6.45, 7) is 0.576. The van der Waals surface area contributed by atoms with E-state index in [0.717, 1.165) is 9.87 Å². The molecule has 0 aliphatic rings. The van der Waals surface area contributed by atoms with Crippen molar-refractivity contribution in [1.29, 1.82) is 0 Å². The Labute approximate surface area is 124 Å². The van der Waals surface area contributed by atoms with Crippen molar-refractivity contribution in [1.82, 2.24) is 5.32 Å². The third-order valence-electron chi connectivity index (χ3n) is 3.11. The van der Waals surface area contributed by atoms with Crippen LogP contribution in [0.1, 0.15) is 5.56 Å². The average molecular weight is 308 g/mol. The van der Waals surface area contributed by atoms with Crippen LogP contribution in [0.4, 0.5) is 10.1 Å². The number of nitrogens with one attached hydrogen (secondary N) is 1. The van der Waals surface area contributed by atoms with Crippen molar-refractivity contribution in [3.63, 3.8) is 0 Å². The van der Waals surface area contributed by atoms with Crippen LogP contribution in [0.3, 0.4) is 0 Å². The lowest BCUT2D eigenvalue weighted by Crippen LogP contribution is -2.26. The second-order valence-corrected chi connectivity index (χ2v) is 6.60. The van der Waals surface area contributed by atoms with Crippen molar-refractivity contribution in [3.8, 4) is 0 Å². The zero-order chi connectivity index (χ0) is 15.5. The second kappa shape index (κ2) is 6.24. The predicted octanol–water partition coefficient (Wildman–Crippen LogP) is 2.37. The van der Waals surface area contributed by atoms with Gasteiger partial charge >= 0.3 is 0 Å². The molecule has 0 amide bonds. The van der Waals surface area contributed by atoms with Gasteiger partial charge in [-0.3, -0.25) is 4.31 Å². The lowest BCUT2D eigenvalue weighted by Gasteiger charge is -2.20. The highest BCUT2D eigenvalue weighted by molar-refractivity contribution is 7.92. The maximum absolute atomic E-state index is 13.3. The smallest absolute Gasteiger partial charge is 0.264 e. The summed E-state index contributed by atoms with van der Waals surface area (Å²) in [4.78, 5) is 0.182. The Morgan fingerprint density at radius 1 is 1.14 bits per heavy atom. The lowest BCUT2D eigenvalue weighted by atomic mass is 10.2. The predicted molar refractivity (Wildman–Crippen MR) is 81.2 cm³/mol. The molecule has 2 rings (SSSR count). The highest BCUT2D eigenvalue weighted by Crippen LogP contribution is 2.23. The van der Waals surface area contributed by atoms with Gasteiger partial charge in [-0.1, -0.05) is 18.2 Å². The van der Waals surface area contributed by atoms with Crippen molar-refractivity contribution in [2.45, 2.75) is 11.4 Å².